The first-order valence-electron chi connectivity index (χ1n) is 6.54. The Labute approximate surface area is 113 Å². The Balaban J connectivity index is 1.87. The van der Waals surface area contributed by atoms with Crippen molar-refractivity contribution in [1.82, 2.24) is 0 Å². The van der Waals surface area contributed by atoms with Crippen LogP contribution in [0.5, 0.6) is 5.75 Å². The number of amides is 1. The van der Waals surface area contributed by atoms with Crippen LogP contribution in [0.3, 0.4) is 0 Å². The maximum absolute atomic E-state index is 11.9. The zero-order valence-corrected chi connectivity index (χ0v) is 11.1. The Morgan fingerprint density at radius 3 is 3.11 bits per heavy atom. The van der Waals surface area contributed by atoms with Gasteiger partial charge in [0.05, 0.1) is 18.9 Å². The fourth-order valence-corrected chi connectivity index (χ4v) is 2.19. The number of hydrogen-bond donors (Lipinski definition) is 2. The van der Waals surface area contributed by atoms with Crippen molar-refractivity contribution >= 4 is 17.3 Å². The predicted molar refractivity (Wildman–Crippen MR) is 74.2 cm³/mol. The van der Waals surface area contributed by atoms with Crippen molar-refractivity contribution in [3.05, 3.63) is 18.2 Å². The lowest BCUT2D eigenvalue weighted by molar-refractivity contribution is -0.116. The number of rotatable bonds is 5. The lowest BCUT2D eigenvalue weighted by Crippen LogP contribution is -2.15. The summed E-state index contributed by atoms with van der Waals surface area (Å²) < 4.78 is 10.7. The van der Waals surface area contributed by atoms with Crippen LogP contribution in [0.15, 0.2) is 18.2 Å². The van der Waals surface area contributed by atoms with Crippen LogP contribution in [0.2, 0.25) is 0 Å². The lowest BCUT2D eigenvalue weighted by Gasteiger charge is -2.12. The van der Waals surface area contributed by atoms with Gasteiger partial charge in [0.15, 0.2) is 0 Å². The second-order valence-electron chi connectivity index (χ2n) is 4.68. The summed E-state index contributed by atoms with van der Waals surface area (Å²) in [5.41, 5.74) is 6.92. The fraction of sp³-hybridized carbons (Fsp3) is 0.500. The molecule has 1 heterocycles. The lowest BCUT2D eigenvalue weighted by atomic mass is 10.1. The Bertz CT molecular complexity index is 442. The van der Waals surface area contributed by atoms with Crippen molar-refractivity contribution in [2.45, 2.75) is 31.8 Å². The minimum absolute atomic E-state index is 0.0291. The molecule has 19 heavy (non-hydrogen) atoms. The third-order valence-corrected chi connectivity index (χ3v) is 3.22. The van der Waals surface area contributed by atoms with Gasteiger partial charge in [-0.2, -0.15) is 0 Å². The number of anilines is 2. The molecule has 0 aliphatic carbocycles. The largest absolute Gasteiger partial charge is 0.494 e. The van der Waals surface area contributed by atoms with Gasteiger partial charge in [0.1, 0.15) is 5.75 Å². The van der Waals surface area contributed by atoms with Crippen LogP contribution in [0, 0.1) is 0 Å². The molecule has 1 fully saturated rings. The van der Waals surface area contributed by atoms with Crippen LogP contribution in [0.4, 0.5) is 11.4 Å². The van der Waals surface area contributed by atoms with Crippen molar-refractivity contribution < 1.29 is 14.3 Å². The Morgan fingerprint density at radius 2 is 2.42 bits per heavy atom. The molecule has 0 aromatic heterocycles. The maximum Gasteiger partial charge on any atom is 0.224 e. The van der Waals surface area contributed by atoms with Crippen LogP contribution in [-0.2, 0) is 9.53 Å². The highest BCUT2D eigenvalue weighted by atomic mass is 16.5. The number of carbonyl (C=O) groups is 1. The SMILES string of the molecule is COc1cc(N)ccc1NC(=O)CCC1CCCO1. The highest BCUT2D eigenvalue weighted by Crippen LogP contribution is 2.27. The van der Waals surface area contributed by atoms with Gasteiger partial charge in [-0.05, 0) is 31.4 Å². The van der Waals surface area contributed by atoms with Gasteiger partial charge in [-0.25, -0.2) is 0 Å². The molecule has 0 spiro atoms. The number of carbonyl (C=O) groups excluding carboxylic acids is 1. The molecule has 1 aromatic rings. The normalized spacial score (nSPS) is 18.3. The molecule has 0 radical (unpaired) electrons. The van der Waals surface area contributed by atoms with E-state index in [-0.39, 0.29) is 12.0 Å². The molecule has 1 unspecified atom stereocenters. The van der Waals surface area contributed by atoms with Gasteiger partial charge < -0.3 is 20.5 Å². The van der Waals surface area contributed by atoms with Gasteiger partial charge in [0, 0.05) is 24.8 Å². The molecule has 1 aromatic carbocycles. The molecule has 0 bridgehead atoms. The Hall–Kier alpha value is -1.75. The molecular formula is C14H20N2O3. The second-order valence-corrected chi connectivity index (χ2v) is 4.68. The zero-order chi connectivity index (χ0) is 13.7. The van der Waals surface area contributed by atoms with Gasteiger partial charge >= 0.3 is 0 Å². The van der Waals surface area contributed by atoms with Crippen LogP contribution >= 0.6 is 0 Å². The maximum atomic E-state index is 11.9. The zero-order valence-electron chi connectivity index (χ0n) is 11.1. The van der Waals surface area contributed by atoms with E-state index in [9.17, 15) is 4.79 Å². The number of ether oxygens (including phenoxy) is 2. The third-order valence-electron chi connectivity index (χ3n) is 3.22. The summed E-state index contributed by atoms with van der Waals surface area (Å²) in [5, 5.41) is 2.84. The summed E-state index contributed by atoms with van der Waals surface area (Å²) in [7, 11) is 1.55. The average Bonchev–Trinajstić information content (AvgIpc) is 2.91. The van der Waals surface area contributed by atoms with Crippen LogP contribution in [0.25, 0.3) is 0 Å². The second kappa shape index (κ2) is 6.43. The highest BCUT2D eigenvalue weighted by Gasteiger charge is 2.17. The summed E-state index contributed by atoms with van der Waals surface area (Å²) in [5.74, 6) is 0.545. The standard InChI is InChI=1S/C14H20N2O3/c1-18-13-9-10(15)4-6-12(13)16-14(17)7-5-11-3-2-8-19-11/h4,6,9,11H,2-3,5,7-8,15H2,1H3,(H,16,17). The summed E-state index contributed by atoms with van der Waals surface area (Å²) >= 11 is 0. The van der Waals surface area contributed by atoms with E-state index in [0.717, 1.165) is 25.9 Å². The minimum Gasteiger partial charge on any atom is -0.494 e. The first-order valence-corrected chi connectivity index (χ1v) is 6.54. The van der Waals surface area contributed by atoms with Gasteiger partial charge in [0.2, 0.25) is 5.91 Å². The molecule has 1 aliphatic heterocycles. The summed E-state index contributed by atoms with van der Waals surface area (Å²) in [4.78, 5) is 11.9. The van der Waals surface area contributed by atoms with Crippen LogP contribution < -0.4 is 15.8 Å². The molecular weight excluding hydrogens is 244 g/mol. The summed E-state index contributed by atoms with van der Waals surface area (Å²) in [6.45, 7) is 0.818. The number of nitrogens with one attached hydrogen (secondary N) is 1. The minimum atomic E-state index is -0.0291. The highest BCUT2D eigenvalue weighted by molar-refractivity contribution is 5.92. The van der Waals surface area contributed by atoms with Gasteiger partial charge in [-0.1, -0.05) is 0 Å². The number of nitrogen functional groups attached to an aromatic ring is 1. The molecule has 104 valence electrons. The van der Waals surface area contributed by atoms with Gasteiger partial charge in [0.25, 0.3) is 0 Å². The van der Waals surface area contributed by atoms with Crippen molar-refractivity contribution in [3.8, 4) is 5.75 Å². The van der Waals surface area contributed by atoms with E-state index in [1.807, 2.05) is 0 Å². The molecule has 5 heteroatoms. The summed E-state index contributed by atoms with van der Waals surface area (Å²) in [6, 6.07) is 5.17. The number of nitrogens with two attached hydrogens (primary N) is 1. The van der Waals surface area contributed by atoms with Crippen LogP contribution in [-0.4, -0.2) is 25.7 Å². The quantitative estimate of drug-likeness (QED) is 0.799. The topological polar surface area (TPSA) is 73.6 Å². The van der Waals surface area contributed by atoms with Crippen LogP contribution in [0.1, 0.15) is 25.7 Å². The molecule has 1 atom stereocenters. The smallest absolute Gasteiger partial charge is 0.224 e. The summed E-state index contributed by atoms with van der Waals surface area (Å²) in [6.07, 6.45) is 3.61. The van der Waals surface area contributed by atoms with Crippen molar-refractivity contribution in [2.75, 3.05) is 24.8 Å². The fourth-order valence-electron chi connectivity index (χ4n) is 2.19. The van der Waals surface area contributed by atoms with E-state index in [2.05, 4.69) is 5.32 Å². The van der Waals surface area contributed by atoms with E-state index in [1.165, 1.54) is 0 Å². The average molecular weight is 264 g/mol. The number of benzene rings is 1. The van der Waals surface area contributed by atoms with Crippen molar-refractivity contribution in [2.24, 2.45) is 0 Å². The molecule has 1 amide bonds. The van der Waals surface area contributed by atoms with E-state index in [1.54, 1.807) is 25.3 Å². The third kappa shape index (κ3) is 3.86. The van der Waals surface area contributed by atoms with Crippen molar-refractivity contribution in [1.29, 1.82) is 0 Å². The molecule has 5 nitrogen and oxygen atoms in total. The number of methoxy groups -OCH3 is 1. The molecule has 3 N–H and O–H groups in total. The van der Waals surface area contributed by atoms with Gasteiger partial charge in [-0.15, -0.1) is 0 Å². The molecule has 1 saturated heterocycles. The Morgan fingerprint density at radius 1 is 1.58 bits per heavy atom. The Kier molecular flexibility index (Phi) is 4.63. The van der Waals surface area contributed by atoms with E-state index in [0.29, 0.717) is 23.5 Å². The first kappa shape index (κ1) is 13.7. The predicted octanol–water partition coefficient (Wildman–Crippen LogP) is 2.18. The van der Waals surface area contributed by atoms with Crippen molar-refractivity contribution in [3.63, 3.8) is 0 Å². The van der Waals surface area contributed by atoms with E-state index < -0.39 is 0 Å². The monoisotopic (exact) mass is 264 g/mol. The molecule has 1 aliphatic rings. The number of hydrogen-bond acceptors (Lipinski definition) is 4. The molecule has 2 rings (SSSR count). The molecule has 0 saturated carbocycles. The first-order chi connectivity index (χ1) is 9.19. The van der Waals surface area contributed by atoms with E-state index >= 15 is 0 Å². The van der Waals surface area contributed by atoms with Gasteiger partial charge in [-0.3, -0.25) is 4.79 Å². The van der Waals surface area contributed by atoms with E-state index in [4.69, 9.17) is 15.2 Å².